The fourth-order valence-corrected chi connectivity index (χ4v) is 6.70. The lowest BCUT2D eigenvalue weighted by Crippen LogP contribution is -2.18. The van der Waals surface area contributed by atoms with Crippen molar-refractivity contribution in [3.05, 3.63) is 114 Å². The predicted molar refractivity (Wildman–Crippen MR) is 145 cm³/mol. The molecule has 0 bridgehead atoms. The molecule has 1 unspecified atom stereocenters. The molecule has 36 heavy (non-hydrogen) atoms. The maximum absolute atomic E-state index is 14.7. The molecular weight excluding hydrogens is 491 g/mol. The van der Waals surface area contributed by atoms with Gasteiger partial charge in [-0.15, -0.1) is 0 Å². The number of aryl methyl sites for hydroxylation is 1. The molecule has 6 nitrogen and oxygen atoms in total. The molecule has 0 saturated heterocycles. The molecule has 0 aliphatic carbocycles. The quantitative estimate of drug-likeness (QED) is 0.200. The molecule has 5 rings (SSSR count). The van der Waals surface area contributed by atoms with E-state index in [0.29, 0.717) is 27.9 Å². The summed E-state index contributed by atoms with van der Waals surface area (Å²) in [6.45, 7) is 2.04. The Morgan fingerprint density at radius 1 is 0.806 bits per heavy atom. The van der Waals surface area contributed by atoms with Gasteiger partial charge >= 0.3 is 7.60 Å². The van der Waals surface area contributed by atoms with Crippen LogP contribution in [0, 0.1) is 6.92 Å². The largest absolute Gasteiger partial charge is 0.497 e. The summed E-state index contributed by atoms with van der Waals surface area (Å²) < 4.78 is 33.4. The van der Waals surface area contributed by atoms with Crippen LogP contribution >= 0.6 is 18.9 Å². The Bertz CT molecular complexity index is 1450. The average Bonchev–Trinajstić information content (AvgIpc) is 3.30. The maximum atomic E-state index is 14.7. The minimum Gasteiger partial charge on any atom is -0.497 e. The van der Waals surface area contributed by atoms with Crippen molar-refractivity contribution in [1.29, 1.82) is 0 Å². The molecule has 1 atom stereocenters. The zero-order valence-corrected chi connectivity index (χ0v) is 21.5. The molecule has 0 spiro atoms. The third-order valence-electron chi connectivity index (χ3n) is 5.50. The number of benzene rings is 4. The molecule has 0 radical (unpaired) electrons. The van der Waals surface area contributed by atoms with E-state index >= 15 is 0 Å². The van der Waals surface area contributed by atoms with E-state index in [1.807, 2.05) is 79.7 Å². The number of aromatic nitrogens is 1. The fourth-order valence-electron chi connectivity index (χ4n) is 3.72. The summed E-state index contributed by atoms with van der Waals surface area (Å²) in [5, 5.41) is 3.99. The first kappa shape index (κ1) is 23.9. The lowest BCUT2D eigenvalue weighted by Gasteiger charge is -2.28. The first-order valence-electron chi connectivity index (χ1n) is 11.4. The highest BCUT2D eigenvalue weighted by atomic mass is 32.1. The van der Waals surface area contributed by atoms with Gasteiger partial charge in [-0.05, 0) is 66.6 Å². The number of hydrogen-bond acceptors (Lipinski definition) is 7. The van der Waals surface area contributed by atoms with Crippen molar-refractivity contribution in [2.45, 2.75) is 12.7 Å². The lowest BCUT2D eigenvalue weighted by molar-refractivity contribution is 0.376. The van der Waals surface area contributed by atoms with Gasteiger partial charge in [-0.3, -0.25) is 0 Å². The van der Waals surface area contributed by atoms with Gasteiger partial charge in [0, 0.05) is 0 Å². The van der Waals surface area contributed by atoms with E-state index in [1.54, 1.807) is 31.4 Å². The van der Waals surface area contributed by atoms with Crippen LogP contribution in [-0.4, -0.2) is 12.1 Å². The Morgan fingerprint density at radius 3 is 2.00 bits per heavy atom. The Hall–Kier alpha value is -3.80. The summed E-state index contributed by atoms with van der Waals surface area (Å²) in [5.74, 6) is 0.718. The Balaban J connectivity index is 1.60. The molecule has 4 aromatic carbocycles. The van der Waals surface area contributed by atoms with Gasteiger partial charge in [0.15, 0.2) is 10.9 Å². The van der Waals surface area contributed by atoms with Crippen molar-refractivity contribution < 1.29 is 18.3 Å². The maximum Gasteiger partial charge on any atom is 0.457 e. The van der Waals surface area contributed by atoms with Crippen LogP contribution in [-0.2, 0) is 4.57 Å². The highest BCUT2D eigenvalue weighted by Gasteiger charge is 2.41. The summed E-state index contributed by atoms with van der Waals surface area (Å²) in [7, 11) is -2.32. The van der Waals surface area contributed by atoms with Gasteiger partial charge in [-0.2, -0.15) is 0 Å². The monoisotopic (exact) mass is 516 g/mol. The van der Waals surface area contributed by atoms with E-state index in [9.17, 15) is 4.57 Å². The third kappa shape index (κ3) is 5.38. The smallest absolute Gasteiger partial charge is 0.457 e. The van der Waals surface area contributed by atoms with Gasteiger partial charge < -0.3 is 19.1 Å². The molecule has 0 aliphatic rings. The lowest BCUT2D eigenvalue weighted by atomic mass is 10.2. The molecular formula is C28H25N2O4PS. The van der Waals surface area contributed by atoms with Crippen molar-refractivity contribution in [2.24, 2.45) is 0 Å². The van der Waals surface area contributed by atoms with E-state index in [-0.39, 0.29) is 0 Å². The molecule has 0 amide bonds. The number of thiazole rings is 1. The number of methoxy groups -OCH3 is 1. The summed E-state index contributed by atoms with van der Waals surface area (Å²) in [6.07, 6.45) is 0. The Kier molecular flexibility index (Phi) is 6.94. The van der Waals surface area contributed by atoms with Gasteiger partial charge in [0.1, 0.15) is 17.2 Å². The second-order valence-corrected chi connectivity index (χ2v) is 11.2. The molecule has 0 fully saturated rings. The van der Waals surface area contributed by atoms with Crippen molar-refractivity contribution in [1.82, 2.24) is 4.98 Å². The Morgan fingerprint density at radius 2 is 1.42 bits per heavy atom. The van der Waals surface area contributed by atoms with Crippen LogP contribution in [0.3, 0.4) is 0 Å². The van der Waals surface area contributed by atoms with Gasteiger partial charge in [-0.1, -0.05) is 65.9 Å². The number of rotatable bonds is 9. The van der Waals surface area contributed by atoms with Crippen molar-refractivity contribution in [3.8, 4) is 17.2 Å². The van der Waals surface area contributed by atoms with E-state index in [4.69, 9.17) is 18.8 Å². The summed E-state index contributed by atoms with van der Waals surface area (Å²) in [6, 6.07) is 31.5. The van der Waals surface area contributed by atoms with Crippen molar-refractivity contribution in [2.75, 3.05) is 12.4 Å². The van der Waals surface area contributed by atoms with Crippen LogP contribution in [0.15, 0.2) is 103 Å². The molecule has 1 heterocycles. The van der Waals surface area contributed by atoms with Crippen LogP contribution < -0.4 is 19.1 Å². The van der Waals surface area contributed by atoms with E-state index in [0.717, 1.165) is 15.8 Å². The van der Waals surface area contributed by atoms with Crippen LogP contribution in [0.2, 0.25) is 0 Å². The van der Waals surface area contributed by atoms with Crippen LogP contribution in [0.1, 0.15) is 16.9 Å². The molecule has 1 N–H and O–H groups in total. The number of ether oxygens (including phenoxy) is 1. The number of fused-ring (bicyclic) bond motifs is 1. The fraction of sp³-hybridized carbons (Fsp3) is 0.107. The van der Waals surface area contributed by atoms with E-state index in [1.165, 1.54) is 11.3 Å². The topological polar surface area (TPSA) is 69.7 Å². The highest BCUT2D eigenvalue weighted by Crippen LogP contribution is 2.60. The standard InChI is InChI=1S/C28H25N2O4PS/c1-20-13-18-25-26(19-20)36-28(29-25)30-27(21-14-16-22(32-2)17-15-21)35(31,33-23-9-5-3-6-10-23)34-24-11-7-4-8-12-24/h3-19,27H,1-2H3,(H,29,30). The molecule has 1 aromatic heterocycles. The molecule has 0 aliphatic heterocycles. The van der Waals surface area contributed by atoms with Gasteiger partial charge in [0.2, 0.25) is 0 Å². The first-order valence-corrected chi connectivity index (χ1v) is 13.8. The van der Waals surface area contributed by atoms with Crippen molar-refractivity contribution in [3.63, 3.8) is 0 Å². The summed E-state index contributed by atoms with van der Waals surface area (Å²) >= 11 is 1.49. The van der Waals surface area contributed by atoms with Gasteiger partial charge in [0.05, 0.1) is 17.3 Å². The minimum absolute atomic E-state index is 0.442. The molecule has 0 saturated carbocycles. The summed E-state index contributed by atoms with van der Waals surface area (Å²) in [5.41, 5.74) is 2.72. The molecule has 8 heteroatoms. The summed E-state index contributed by atoms with van der Waals surface area (Å²) in [4.78, 5) is 4.73. The SMILES string of the molecule is COc1ccc(C(Nc2nc3ccc(C)cc3s2)P(=O)(Oc2ccccc2)Oc2ccccc2)cc1. The first-order chi connectivity index (χ1) is 17.5. The molecule has 5 aromatic rings. The second kappa shape index (κ2) is 10.4. The predicted octanol–water partition coefficient (Wildman–Crippen LogP) is 8.08. The number of hydrogen-bond donors (Lipinski definition) is 1. The van der Waals surface area contributed by atoms with E-state index < -0.39 is 13.4 Å². The van der Waals surface area contributed by atoms with Crippen LogP contribution in [0.4, 0.5) is 5.13 Å². The normalized spacial score (nSPS) is 12.2. The number of anilines is 1. The van der Waals surface area contributed by atoms with E-state index in [2.05, 4.69) is 11.4 Å². The minimum atomic E-state index is -3.92. The molecule has 182 valence electrons. The van der Waals surface area contributed by atoms with Crippen LogP contribution in [0.25, 0.3) is 10.2 Å². The highest BCUT2D eigenvalue weighted by molar-refractivity contribution is 7.55. The number of nitrogens with one attached hydrogen (secondary N) is 1. The zero-order valence-electron chi connectivity index (χ0n) is 19.8. The number of nitrogens with zero attached hydrogens (tertiary/aromatic N) is 1. The second-order valence-electron chi connectivity index (χ2n) is 8.16. The Labute approximate surface area is 214 Å². The van der Waals surface area contributed by atoms with Gasteiger partial charge in [-0.25, -0.2) is 9.55 Å². The number of para-hydroxylation sites is 2. The average molecular weight is 517 g/mol. The zero-order chi connectivity index (χ0) is 25.0. The van der Waals surface area contributed by atoms with Crippen LogP contribution in [0.5, 0.6) is 17.2 Å². The van der Waals surface area contributed by atoms with Crippen molar-refractivity contribution >= 4 is 34.3 Å². The third-order valence-corrected chi connectivity index (χ3v) is 8.44. The van der Waals surface area contributed by atoms with Gasteiger partial charge in [0.25, 0.3) is 0 Å².